The molecule has 2 heterocycles. The number of rotatable bonds is 12. The summed E-state index contributed by atoms with van der Waals surface area (Å²) in [5.41, 5.74) is 1.86. The zero-order valence-electron chi connectivity index (χ0n) is 36.6. The number of aliphatic hydroxyl groups excluding tert-OH is 2. The van der Waals surface area contributed by atoms with Crippen LogP contribution in [0.25, 0.3) is 10.9 Å². The Morgan fingerprint density at radius 1 is 0.554 bits per heavy atom. The van der Waals surface area contributed by atoms with Gasteiger partial charge in [0, 0.05) is 29.9 Å². The minimum absolute atomic E-state index is 0.0441. The summed E-state index contributed by atoms with van der Waals surface area (Å²) < 4.78 is 0. The van der Waals surface area contributed by atoms with Gasteiger partial charge in [-0.3, -0.25) is 43.2 Å². The van der Waals surface area contributed by atoms with E-state index in [1.807, 2.05) is 0 Å². The SMILES string of the molecule is CC(C)C[C@@H]1NC(=O)CNC(=O)[C@H](Cc2ccccc2)NC(=O)[C@H](CO)NC(=O)[C@H](CC(=O)O)NC(=O)[C@H](CC(C)C)NC(=O)[C@H](Cc2c[nH]c3ccccc23)NC(=O)[C@H](CO)NC1=O. The number of amides is 8. The maximum atomic E-state index is 14.3. The normalized spacial score (nSPS) is 23.8. The van der Waals surface area contributed by atoms with E-state index in [-0.39, 0.29) is 37.5 Å². The van der Waals surface area contributed by atoms with Crippen LogP contribution in [-0.4, -0.2) is 136 Å². The summed E-state index contributed by atoms with van der Waals surface area (Å²) >= 11 is 0. The Kier molecular flexibility index (Phi) is 19.0. The molecule has 21 nitrogen and oxygen atoms in total. The number of H-pyrrole nitrogens is 1. The number of carboxylic acids is 1. The van der Waals surface area contributed by atoms with E-state index in [2.05, 4.69) is 47.5 Å². The molecule has 1 aromatic heterocycles. The number of aliphatic carboxylic acids is 1. The van der Waals surface area contributed by atoms with Crippen LogP contribution in [0.3, 0.4) is 0 Å². The van der Waals surface area contributed by atoms with Crippen LogP contribution >= 0.6 is 0 Å². The highest BCUT2D eigenvalue weighted by atomic mass is 16.4. The van der Waals surface area contributed by atoms with Crippen LogP contribution in [0, 0.1) is 11.8 Å². The molecule has 0 unspecified atom stereocenters. The molecule has 0 bridgehead atoms. The summed E-state index contributed by atoms with van der Waals surface area (Å²) in [6, 6.07) is 4.72. The molecule has 1 aliphatic heterocycles. The molecule has 7 atom stereocenters. The maximum absolute atomic E-state index is 14.3. The van der Waals surface area contributed by atoms with Gasteiger partial charge >= 0.3 is 5.97 Å². The highest BCUT2D eigenvalue weighted by Crippen LogP contribution is 2.20. The highest BCUT2D eigenvalue weighted by molar-refractivity contribution is 5.99. The molecule has 0 radical (unpaired) electrons. The maximum Gasteiger partial charge on any atom is 0.305 e. The highest BCUT2D eigenvalue weighted by Gasteiger charge is 2.36. The van der Waals surface area contributed by atoms with Crippen molar-refractivity contribution < 1.29 is 58.5 Å². The van der Waals surface area contributed by atoms with Crippen molar-refractivity contribution in [1.29, 1.82) is 0 Å². The van der Waals surface area contributed by atoms with E-state index < -0.39 is 122 Å². The van der Waals surface area contributed by atoms with Crippen molar-refractivity contribution in [3.63, 3.8) is 0 Å². The van der Waals surface area contributed by atoms with E-state index in [1.165, 1.54) is 0 Å². The van der Waals surface area contributed by atoms with Gasteiger partial charge in [0.15, 0.2) is 0 Å². The topological polar surface area (TPSA) is 326 Å². The summed E-state index contributed by atoms with van der Waals surface area (Å²) in [4.78, 5) is 125. The monoisotopic (exact) mass is 905 g/mol. The Hall–Kier alpha value is -6.87. The molecule has 8 amide bonds. The summed E-state index contributed by atoms with van der Waals surface area (Å²) in [6.07, 6.45) is 0.356. The van der Waals surface area contributed by atoms with Crippen LogP contribution in [0.2, 0.25) is 0 Å². The molecule has 0 spiro atoms. The van der Waals surface area contributed by atoms with Crippen LogP contribution in [0.5, 0.6) is 0 Å². The minimum atomic E-state index is -1.85. The lowest BCUT2D eigenvalue weighted by Crippen LogP contribution is -2.62. The molecule has 4 rings (SSSR count). The zero-order chi connectivity index (χ0) is 47.8. The summed E-state index contributed by atoms with van der Waals surface area (Å²) in [5, 5.41) is 50.6. The smallest absolute Gasteiger partial charge is 0.305 e. The number of nitrogens with one attached hydrogen (secondary N) is 9. The molecule has 1 aliphatic rings. The van der Waals surface area contributed by atoms with Crippen molar-refractivity contribution in [2.24, 2.45) is 11.8 Å². The lowest BCUT2D eigenvalue weighted by Gasteiger charge is -2.28. The third-order valence-corrected chi connectivity index (χ3v) is 10.4. The van der Waals surface area contributed by atoms with Gasteiger partial charge in [0.05, 0.1) is 26.2 Å². The van der Waals surface area contributed by atoms with Gasteiger partial charge in [-0.1, -0.05) is 76.2 Å². The van der Waals surface area contributed by atoms with Crippen LogP contribution in [0.1, 0.15) is 58.1 Å². The lowest BCUT2D eigenvalue weighted by molar-refractivity contribution is -0.141. The first-order chi connectivity index (χ1) is 30.9. The quantitative estimate of drug-likeness (QED) is 0.0942. The molecular weight excluding hydrogens is 847 g/mol. The van der Waals surface area contributed by atoms with Crippen molar-refractivity contribution in [2.75, 3.05) is 19.8 Å². The first-order valence-electron chi connectivity index (χ1n) is 21.3. The average Bonchev–Trinajstić information content (AvgIpc) is 3.67. The molecule has 3 aromatic rings. The Morgan fingerprint density at radius 3 is 1.55 bits per heavy atom. The van der Waals surface area contributed by atoms with Crippen LogP contribution in [0.15, 0.2) is 60.8 Å². The molecular formula is C44H59N9O12. The molecule has 21 heteroatoms. The largest absolute Gasteiger partial charge is 0.481 e. The number of aromatic amines is 1. The summed E-state index contributed by atoms with van der Waals surface area (Å²) in [6.45, 7) is 4.36. The lowest BCUT2D eigenvalue weighted by atomic mass is 10.00. The molecule has 352 valence electrons. The predicted molar refractivity (Wildman–Crippen MR) is 234 cm³/mol. The van der Waals surface area contributed by atoms with E-state index in [0.29, 0.717) is 22.0 Å². The Morgan fingerprint density at radius 2 is 1.00 bits per heavy atom. The number of carboxylic acid groups (broad SMARTS) is 1. The van der Waals surface area contributed by atoms with Crippen LogP contribution in [-0.2, 0) is 56.0 Å². The molecule has 65 heavy (non-hydrogen) atoms. The average molecular weight is 906 g/mol. The number of carbonyl (C=O) groups is 9. The van der Waals surface area contributed by atoms with Crippen LogP contribution in [0.4, 0.5) is 0 Å². The van der Waals surface area contributed by atoms with E-state index in [9.17, 15) is 58.5 Å². The van der Waals surface area contributed by atoms with Gasteiger partial charge in [-0.05, 0) is 41.9 Å². The van der Waals surface area contributed by atoms with E-state index in [1.54, 1.807) is 88.5 Å². The molecule has 1 saturated heterocycles. The minimum Gasteiger partial charge on any atom is -0.481 e. The Balaban J connectivity index is 1.75. The van der Waals surface area contributed by atoms with E-state index in [4.69, 9.17) is 0 Å². The Bertz CT molecular complexity index is 2180. The van der Waals surface area contributed by atoms with Gasteiger partial charge in [-0.2, -0.15) is 0 Å². The fourth-order valence-corrected chi connectivity index (χ4v) is 7.14. The molecule has 2 aromatic carbocycles. The van der Waals surface area contributed by atoms with Gasteiger partial charge in [-0.15, -0.1) is 0 Å². The fourth-order valence-electron chi connectivity index (χ4n) is 7.14. The number of benzene rings is 2. The van der Waals surface area contributed by atoms with Gasteiger partial charge in [0.1, 0.15) is 42.3 Å². The Labute approximate surface area is 375 Å². The summed E-state index contributed by atoms with van der Waals surface area (Å²) in [5.74, 6) is -9.70. The van der Waals surface area contributed by atoms with Gasteiger partial charge in [0.2, 0.25) is 47.3 Å². The number of hydrogen-bond donors (Lipinski definition) is 12. The molecule has 12 N–H and O–H groups in total. The van der Waals surface area contributed by atoms with E-state index >= 15 is 0 Å². The van der Waals surface area contributed by atoms with Gasteiger partial charge in [-0.25, -0.2) is 0 Å². The van der Waals surface area contributed by atoms with Gasteiger partial charge < -0.3 is 62.8 Å². The third kappa shape index (κ3) is 15.4. The standard InChI is InChI=1S/C44H59N9O12/c1-23(2)14-29-39(60)52-35(22-55)44(65)50-32(17-26-19-45-28-13-9-8-12-27(26)28)41(62)48-30(15-24(3)4)40(61)51-33(18-37(57)58)42(63)53-34(21-54)43(64)49-31(16-25-10-6-5-7-11-25)38(59)46-20-36(56)47-29/h5-13,19,23-24,29-35,45,54-55H,14-18,20-22H2,1-4H3,(H,46,59)(H,47,56)(H,48,62)(H,49,64)(H,50,65)(H,51,61)(H,52,60)(H,53,63)(H,57,58)/t29-,30-,31-,32-,33-,34-,35-/m0/s1. The predicted octanol–water partition coefficient (Wildman–Crippen LogP) is -1.97. The first kappa shape index (κ1) is 50.8. The van der Waals surface area contributed by atoms with Crippen molar-refractivity contribution in [3.8, 4) is 0 Å². The second kappa shape index (κ2) is 24.3. The number of aromatic nitrogens is 1. The molecule has 0 aliphatic carbocycles. The number of fused-ring (bicyclic) bond motifs is 1. The van der Waals surface area contributed by atoms with Crippen LogP contribution < -0.4 is 42.5 Å². The fraction of sp³-hybridized carbons (Fsp3) is 0.477. The second-order valence-electron chi connectivity index (χ2n) is 16.7. The molecule has 1 fully saturated rings. The van der Waals surface area contributed by atoms with Crippen molar-refractivity contribution in [1.82, 2.24) is 47.5 Å². The van der Waals surface area contributed by atoms with Crippen molar-refractivity contribution in [2.45, 2.75) is 102 Å². The number of carbonyl (C=O) groups excluding carboxylic acids is 8. The zero-order valence-corrected chi connectivity index (χ0v) is 36.6. The number of aliphatic hydroxyl groups is 2. The molecule has 0 saturated carbocycles. The van der Waals surface area contributed by atoms with Gasteiger partial charge in [0.25, 0.3) is 0 Å². The van der Waals surface area contributed by atoms with Crippen molar-refractivity contribution in [3.05, 3.63) is 71.9 Å². The van der Waals surface area contributed by atoms with Crippen molar-refractivity contribution >= 4 is 64.1 Å². The number of hydrogen-bond acceptors (Lipinski definition) is 11. The summed E-state index contributed by atoms with van der Waals surface area (Å²) in [7, 11) is 0. The first-order valence-corrected chi connectivity index (χ1v) is 21.3. The number of para-hydroxylation sites is 1. The van der Waals surface area contributed by atoms with E-state index in [0.717, 1.165) is 0 Å². The second-order valence-corrected chi connectivity index (χ2v) is 16.7. The third-order valence-electron chi connectivity index (χ3n) is 10.4.